The molecule has 1 aromatic rings. The lowest BCUT2D eigenvalue weighted by molar-refractivity contribution is -0.133. The van der Waals surface area contributed by atoms with Gasteiger partial charge in [0, 0.05) is 37.7 Å². The lowest BCUT2D eigenvalue weighted by Crippen LogP contribution is -2.37. The molecule has 5 nitrogen and oxygen atoms in total. The molecule has 0 aromatic carbocycles. The fourth-order valence-electron chi connectivity index (χ4n) is 4.71. The highest BCUT2D eigenvalue weighted by Gasteiger charge is 2.28. The van der Waals surface area contributed by atoms with Crippen molar-refractivity contribution in [3.05, 3.63) is 23.3 Å². The molecule has 136 valence electrons. The Morgan fingerprint density at radius 1 is 1.16 bits per heavy atom. The Morgan fingerprint density at radius 2 is 2.00 bits per heavy atom. The summed E-state index contributed by atoms with van der Waals surface area (Å²) in [4.78, 5) is 26.6. The molecular formula is C20H30N4O. The van der Waals surface area contributed by atoms with Crippen LogP contribution in [0.4, 0.5) is 0 Å². The Labute approximate surface area is 150 Å². The summed E-state index contributed by atoms with van der Waals surface area (Å²) >= 11 is 0. The van der Waals surface area contributed by atoms with Crippen molar-refractivity contribution in [1.82, 2.24) is 19.8 Å². The highest BCUT2D eigenvalue weighted by molar-refractivity contribution is 5.76. The van der Waals surface area contributed by atoms with E-state index in [4.69, 9.17) is 4.98 Å². The standard InChI is InChI=1S/C20H30N4O/c1-23-10-5-8-18(23)20-21-13-16-14-24(11-9-17(16)22-20)19(25)12-15-6-3-2-4-7-15/h13,15,18H,2-12,14H2,1H3. The molecule has 1 saturated heterocycles. The highest BCUT2D eigenvalue weighted by Crippen LogP contribution is 2.30. The van der Waals surface area contributed by atoms with E-state index in [2.05, 4.69) is 16.9 Å². The van der Waals surface area contributed by atoms with Gasteiger partial charge < -0.3 is 4.90 Å². The summed E-state index contributed by atoms with van der Waals surface area (Å²) in [5, 5.41) is 0. The van der Waals surface area contributed by atoms with Crippen LogP contribution in [0.1, 0.15) is 74.5 Å². The monoisotopic (exact) mass is 342 g/mol. The number of amides is 1. The van der Waals surface area contributed by atoms with E-state index in [1.165, 1.54) is 38.5 Å². The van der Waals surface area contributed by atoms with Gasteiger partial charge in [0.25, 0.3) is 0 Å². The van der Waals surface area contributed by atoms with Crippen LogP contribution in [0.25, 0.3) is 0 Å². The van der Waals surface area contributed by atoms with Gasteiger partial charge in [0.15, 0.2) is 0 Å². The van der Waals surface area contributed by atoms with Crippen LogP contribution in [0.15, 0.2) is 6.20 Å². The molecule has 0 N–H and O–H groups in total. The number of likely N-dealkylation sites (tertiary alicyclic amines) is 1. The third-order valence-electron chi connectivity index (χ3n) is 6.31. The molecule has 1 aromatic heterocycles. The van der Waals surface area contributed by atoms with E-state index in [1.54, 1.807) is 0 Å². The minimum atomic E-state index is 0.331. The molecule has 4 rings (SSSR count). The van der Waals surface area contributed by atoms with E-state index in [-0.39, 0.29) is 0 Å². The molecule has 0 bridgehead atoms. The first-order chi connectivity index (χ1) is 12.2. The highest BCUT2D eigenvalue weighted by atomic mass is 16.2. The van der Waals surface area contributed by atoms with Crippen LogP contribution in [0.3, 0.4) is 0 Å². The molecule has 1 unspecified atom stereocenters. The topological polar surface area (TPSA) is 49.3 Å². The summed E-state index contributed by atoms with van der Waals surface area (Å²) in [6, 6.07) is 0.372. The summed E-state index contributed by atoms with van der Waals surface area (Å²) < 4.78 is 0. The summed E-state index contributed by atoms with van der Waals surface area (Å²) in [5.74, 6) is 1.91. The molecule has 1 atom stereocenters. The van der Waals surface area contributed by atoms with Gasteiger partial charge in [-0.3, -0.25) is 9.69 Å². The average molecular weight is 342 g/mol. The zero-order valence-electron chi connectivity index (χ0n) is 15.4. The number of aromatic nitrogens is 2. The molecule has 0 spiro atoms. The Hall–Kier alpha value is -1.49. The van der Waals surface area contributed by atoms with E-state index >= 15 is 0 Å². The van der Waals surface area contributed by atoms with E-state index < -0.39 is 0 Å². The second kappa shape index (κ2) is 7.40. The molecule has 3 heterocycles. The Balaban J connectivity index is 1.40. The quantitative estimate of drug-likeness (QED) is 0.847. The van der Waals surface area contributed by atoms with Gasteiger partial charge in [-0.15, -0.1) is 0 Å². The largest absolute Gasteiger partial charge is 0.338 e. The van der Waals surface area contributed by atoms with Gasteiger partial charge in [0.05, 0.1) is 11.7 Å². The number of carbonyl (C=O) groups excluding carboxylic acids is 1. The van der Waals surface area contributed by atoms with E-state index in [0.29, 0.717) is 24.4 Å². The summed E-state index contributed by atoms with van der Waals surface area (Å²) in [7, 11) is 2.16. The fourth-order valence-corrected chi connectivity index (χ4v) is 4.71. The first-order valence-electron chi connectivity index (χ1n) is 10.0. The Morgan fingerprint density at radius 3 is 2.76 bits per heavy atom. The van der Waals surface area contributed by atoms with Crippen LogP contribution in [0.2, 0.25) is 0 Å². The van der Waals surface area contributed by atoms with Crippen molar-refractivity contribution in [3.8, 4) is 0 Å². The maximum absolute atomic E-state index is 12.7. The van der Waals surface area contributed by atoms with Crippen molar-refractivity contribution in [2.75, 3.05) is 20.1 Å². The third-order valence-corrected chi connectivity index (χ3v) is 6.31. The molecule has 2 fully saturated rings. The predicted octanol–water partition coefficient (Wildman–Crippen LogP) is 3.10. The van der Waals surface area contributed by atoms with Gasteiger partial charge in [0.2, 0.25) is 5.91 Å². The van der Waals surface area contributed by atoms with Gasteiger partial charge in [-0.2, -0.15) is 0 Å². The molecule has 1 amide bonds. The molecule has 2 aliphatic heterocycles. The second-order valence-corrected chi connectivity index (χ2v) is 8.11. The van der Waals surface area contributed by atoms with E-state index in [1.807, 2.05) is 11.1 Å². The van der Waals surface area contributed by atoms with Gasteiger partial charge in [-0.1, -0.05) is 19.3 Å². The zero-order valence-corrected chi connectivity index (χ0v) is 15.4. The molecule has 25 heavy (non-hydrogen) atoms. The van der Waals surface area contributed by atoms with Crippen molar-refractivity contribution in [1.29, 1.82) is 0 Å². The van der Waals surface area contributed by atoms with Crippen molar-refractivity contribution < 1.29 is 4.79 Å². The van der Waals surface area contributed by atoms with Crippen molar-refractivity contribution >= 4 is 5.91 Å². The van der Waals surface area contributed by atoms with Crippen LogP contribution in [0.5, 0.6) is 0 Å². The first kappa shape index (κ1) is 17.0. The Kier molecular flexibility index (Phi) is 5.02. The van der Waals surface area contributed by atoms with Crippen LogP contribution < -0.4 is 0 Å². The molecule has 5 heteroatoms. The predicted molar refractivity (Wildman–Crippen MR) is 97.0 cm³/mol. The van der Waals surface area contributed by atoms with Gasteiger partial charge in [-0.05, 0) is 45.2 Å². The molecular weight excluding hydrogens is 312 g/mol. The summed E-state index contributed by atoms with van der Waals surface area (Å²) in [5.41, 5.74) is 2.31. The summed E-state index contributed by atoms with van der Waals surface area (Å²) in [6.07, 6.45) is 12.4. The minimum Gasteiger partial charge on any atom is -0.338 e. The van der Waals surface area contributed by atoms with Gasteiger partial charge in [-0.25, -0.2) is 9.97 Å². The lowest BCUT2D eigenvalue weighted by Gasteiger charge is -2.31. The summed E-state index contributed by atoms with van der Waals surface area (Å²) in [6.45, 7) is 2.64. The SMILES string of the molecule is CN1CCCC1c1ncc2c(n1)CCN(C(=O)CC1CCCCC1)C2. The van der Waals surface area contributed by atoms with Crippen LogP contribution in [-0.4, -0.2) is 45.8 Å². The normalized spacial score (nSPS) is 25.2. The number of rotatable bonds is 3. The van der Waals surface area contributed by atoms with E-state index in [9.17, 15) is 4.79 Å². The zero-order chi connectivity index (χ0) is 17.2. The van der Waals surface area contributed by atoms with Crippen molar-refractivity contribution in [2.45, 2.75) is 70.4 Å². The molecule has 1 aliphatic carbocycles. The Bertz CT molecular complexity index is 626. The van der Waals surface area contributed by atoms with Crippen LogP contribution >= 0.6 is 0 Å². The molecule has 1 saturated carbocycles. The van der Waals surface area contributed by atoms with Crippen LogP contribution in [-0.2, 0) is 17.8 Å². The van der Waals surface area contributed by atoms with Gasteiger partial charge >= 0.3 is 0 Å². The first-order valence-corrected chi connectivity index (χ1v) is 10.0. The number of carbonyl (C=O) groups is 1. The van der Waals surface area contributed by atoms with Crippen LogP contribution in [0, 0.1) is 5.92 Å². The maximum atomic E-state index is 12.7. The second-order valence-electron chi connectivity index (χ2n) is 8.11. The van der Waals surface area contributed by atoms with E-state index in [0.717, 1.165) is 49.4 Å². The number of hydrogen-bond acceptors (Lipinski definition) is 4. The third kappa shape index (κ3) is 3.71. The number of hydrogen-bond donors (Lipinski definition) is 0. The molecule has 0 radical (unpaired) electrons. The number of nitrogens with zero attached hydrogens (tertiary/aromatic N) is 4. The van der Waals surface area contributed by atoms with Gasteiger partial charge in [0.1, 0.15) is 5.82 Å². The fraction of sp³-hybridized carbons (Fsp3) is 0.750. The number of fused-ring (bicyclic) bond motifs is 1. The van der Waals surface area contributed by atoms with Crippen molar-refractivity contribution in [3.63, 3.8) is 0 Å². The minimum absolute atomic E-state index is 0.331. The smallest absolute Gasteiger partial charge is 0.223 e. The maximum Gasteiger partial charge on any atom is 0.223 e. The lowest BCUT2D eigenvalue weighted by atomic mass is 9.86. The van der Waals surface area contributed by atoms with Crippen molar-refractivity contribution in [2.24, 2.45) is 5.92 Å². The average Bonchev–Trinajstić information content (AvgIpc) is 3.07. The molecule has 3 aliphatic rings.